The molecule has 2 N–H and O–H groups in total. The van der Waals surface area contributed by atoms with E-state index in [9.17, 15) is 4.79 Å². The summed E-state index contributed by atoms with van der Waals surface area (Å²) >= 11 is 0. The summed E-state index contributed by atoms with van der Waals surface area (Å²) in [4.78, 5) is 9.90. The summed E-state index contributed by atoms with van der Waals surface area (Å²) in [6.07, 6.45) is 4.82. The van der Waals surface area contributed by atoms with Crippen LogP contribution < -0.4 is 5.32 Å². The minimum atomic E-state index is -0.954. The molecule has 3 heteroatoms. The average Bonchev–Trinajstić information content (AvgIpc) is 1.87. The Morgan fingerprint density at radius 2 is 2.30 bits per heavy atom. The molecule has 58 valence electrons. The number of carboxylic acid groups (broad SMARTS) is 1. The molecule has 0 aliphatic rings. The molecule has 0 aliphatic heterocycles. The Bertz CT molecular complexity index is 121. The van der Waals surface area contributed by atoms with E-state index in [-0.39, 0.29) is 0 Å². The third-order valence-corrected chi connectivity index (χ3v) is 0.990. The lowest BCUT2D eigenvalue weighted by Gasteiger charge is -1.94. The molecule has 0 radical (unpaired) electrons. The Morgan fingerprint density at radius 3 is 2.80 bits per heavy atom. The fraction of sp³-hybridized carbons (Fsp3) is 0.571. The molecule has 0 unspecified atom stereocenters. The first kappa shape index (κ1) is 9.01. The predicted octanol–water partition coefficient (Wildman–Crippen LogP) is 1.61. The van der Waals surface area contributed by atoms with Crippen LogP contribution in [0.1, 0.15) is 19.8 Å². The first-order valence-electron chi connectivity index (χ1n) is 3.39. The highest BCUT2D eigenvalue weighted by Crippen LogP contribution is 1.83. The Kier molecular flexibility index (Phi) is 5.53. The molecular formula is C7H13NO2. The molecule has 10 heavy (non-hydrogen) atoms. The fourth-order valence-corrected chi connectivity index (χ4v) is 0.547. The summed E-state index contributed by atoms with van der Waals surface area (Å²) in [6.45, 7) is 2.55. The lowest BCUT2D eigenvalue weighted by molar-refractivity contribution is 0.194. The van der Waals surface area contributed by atoms with Crippen molar-refractivity contribution >= 4 is 6.09 Å². The largest absolute Gasteiger partial charge is 0.465 e. The maximum absolute atomic E-state index is 9.90. The summed E-state index contributed by atoms with van der Waals surface area (Å²) in [7, 11) is 0. The predicted molar refractivity (Wildman–Crippen MR) is 40.1 cm³/mol. The van der Waals surface area contributed by atoms with Gasteiger partial charge < -0.3 is 10.4 Å². The first-order chi connectivity index (χ1) is 4.77. The van der Waals surface area contributed by atoms with Crippen molar-refractivity contribution in [1.82, 2.24) is 5.32 Å². The third-order valence-electron chi connectivity index (χ3n) is 0.990. The second-order valence-electron chi connectivity index (χ2n) is 1.90. The number of nitrogens with one attached hydrogen (secondary N) is 1. The monoisotopic (exact) mass is 143 g/mol. The van der Waals surface area contributed by atoms with Gasteiger partial charge in [0.2, 0.25) is 0 Å². The minimum Gasteiger partial charge on any atom is -0.465 e. The minimum absolute atomic E-state index is 0.506. The smallest absolute Gasteiger partial charge is 0.404 e. The SMILES string of the molecule is CCC=CCCNC(=O)O. The summed E-state index contributed by atoms with van der Waals surface area (Å²) in [5.74, 6) is 0. The van der Waals surface area contributed by atoms with Crippen molar-refractivity contribution in [2.45, 2.75) is 19.8 Å². The lowest BCUT2D eigenvalue weighted by atomic mass is 10.3. The third kappa shape index (κ3) is 7.01. The highest BCUT2D eigenvalue weighted by molar-refractivity contribution is 5.64. The van der Waals surface area contributed by atoms with Crippen LogP contribution in [0, 0.1) is 0 Å². The van der Waals surface area contributed by atoms with Gasteiger partial charge in [-0.1, -0.05) is 19.1 Å². The summed E-state index contributed by atoms with van der Waals surface area (Å²) in [6, 6.07) is 0. The summed E-state index contributed by atoms with van der Waals surface area (Å²) in [5.41, 5.74) is 0. The molecule has 0 heterocycles. The van der Waals surface area contributed by atoms with Crippen LogP contribution in [0.5, 0.6) is 0 Å². The van der Waals surface area contributed by atoms with Gasteiger partial charge in [0, 0.05) is 6.54 Å². The van der Waals surface area contributed by atoms with Crippen molar-refractivity contribution in [2.24, 2.45) is 0 Å². The number of hydrogen-bond acceptors (Lipinski definition) is 1. The molecule has 0 rings (SSSR count). The zero-order chi connectivity index (χ0) is 7.82. The fourth-order valence-electron chi connectivity index (χ4n) is 0.547. The van der Waals surface area contributed by atoms with Gasteiger partial charge in [0.05, 0.1) is 0 Å². The Labute approximate surface area is 60.7 Å². The van der Waals surface area contributed by atoms with E-state index in [1.165, 1.54) is 0 Å². The van der Waals surface area contributed by atoms with E-state index in [0.717, 1.165) is 12.8 Å². The zero-order valence-corrected chi connectivity index (χ0v) is 6.13. The Balaban J connectivity index is 3.05. The van der Waals surface area contributed by atoms with E-state index >= 15 is 0 Å². The molecular weight excluding hydrogens is 130 g/mol. The van der Waals surface area contributed by atoms with Gasteiger partial charge in [-0.05, 0) is 12.8 Å². The van der Waals surface area contributed by atoms with Crippen LogP contribution in [-0.2, 0) is 0 Å². The molecule has 0 spiro atoms. The molecule has 0 aromatic heterocycles. The summed E-state index contributed by atoms with van der Waals surface area (Å²) < 4.78 is 0. The van der Waals surface area contributed by atoms with Crippen molar-refractivity contribution in [2.75, 3.05) is 6.54 Å². The van der Waals surface area contributed by atoms with Crippen LogP contribution in [0.2, 0.25) is 0 Å². The number of allylic oxidation sites excluding steroid dienone is 1. The van der Waals surface area contributed by atoms with Crippen LogP contribution in [0.25, 0.3) is 0 Å². The molecule has 0 aliphatic carbocycles. The van der Waals surface area contributed by atoms with E-state index in [1.54, 1.807) is 0 Å². The van der Waals surface area contributed by atoms with Gasteiger partial charge in [0.15, 0.2) is 0 Å². The van der Waals surface area contributed by atoms with E-state index in [1.807, 2.05) is 19.1 Å². The maximum Gasteiger partial charge on any atom is 0.404 e. The van der Waals surface area contributed by atoms with Crippen LogP contribution in [0.15, 0.2) is 12.2 Å². The molecule has 0 aromatic rings. The van der Waals surface area contributed by atoms with Crippen LogP contribution in [0.3, 0.4) is 0 Å². The van der Waals surface area contributed by atoms with Crippen molar-refractivity contribution < 1.29 is 9.90 Å². The first-order valence-corrected chi connectivity index (χ1v) is 3.39. The molecule has 0 saturated carbocycles. The molecule has 3 nitrogen and oxygen atoms in total. The van der Waals surface area contributed by atoms with E-state index in [4.69, 9.17) is 5.11 Å². The molecule has 0 bridgehead atoms. The molecule has 1 amide bonds. The second-order valence-corrected chi connectivity index (χ2v) is 1.90. The molecule has 0 fully saturated rings. The standard InChI is InChI=1S/C7H13NO2/c1-2-3-4-5-6-8-7(9)10/h3-4,8H,2,5-6H2,1H3,(H,9,10). The van der Waals surface area contributed by atoms with Gasteiger partial charge in [0.1, 0.15) is 0 Å². The van der Waals surface area contributed by atoms with E-state index < -0.39 is 6.09 Å². The van der Waals surface area contributed by atoms with Crippen LogP contribution >= 0.6 is 0 Å². The van der Waals surface area contributed by atoms with Gasteiger partial charge >= 0.3 is 6.09 Å². The number of carbonyl (C=O) groups is 1. The van der Waals surface area contributed by atoms with Crippen molar-refractivity contribution in [1.29, 1.82) is 0 Å². The van der Waals surface area contributed by atoms with E-state index in [2.05, 4.69) is 5.32 Å². The topological polar surface area (TPSA) is 49.3 Å². The van der Waals surface area contributed by atoms with Gasteiger partial charge in [0.25, 0.3) is 0 Å². The second kappa shape index (κ2) is 6.13. The quantitative estimate of drug-likeness (QED) is 0.464. The molecule has 0 atom stereocenters. The van der Waals surface area contributed by atoms with Gasteiger partial charge in [-0.2, -0.15) is 0 Å². The number of amides is 1. The maximum atomic E-state index is 9.90. The lowest BCUT2D eigenvalue weighted by Crippen LogP contribution is -2.21. The number of rotatable bonds is 4. The average molecular weight is 143 g/mol. The highest BCUT2D eigenvalue weighted by Gasteiger charge is 1.88. The summed E-state index contributed by atoms with van der Waals surface area (Å²) in [5, 5.41) is 10.4. The van der Waals surface area contributed by atoms with Crippen molar-refractivity contribution in [3.8, 4) is 0 Å². The van der Waals surface area contributed by atoms with Crippen molar-refractivity contribution in [3.05, 3.63) is 12.2 Å². The van der Waals surface area contributed by atoms with Gasteiger partial charge in [-0.15, -0.1) is 0 Å². The molecule has 0 aromatic carbocycles. The number of hydrogen-bond donors (Lipinski definition) is 2. The Hall–Kier alpha value is -0.990. The van der Waals surface area contributed by atoms with Crippen molar-refractivity contribution in [3.63, 3.8) is 0 Å². The van der Waals surface area contributed by atoms with Gasteiger partial charge in [-0.25, -0.2) is 4.79 Å². The normalized spacial score (nSPS) is 10.1. The zero-order valence-electron chi connectivity index (χ0n) is 6.13. The Morgan fingerprint density at radius 1 is 1.60 bits per heavy atom. The van der Waals surface area contributed by atoms with Crippen LogP contribution in [0.4, 0.5) is 4.79 Å². The molecule has 0 saturated heterocycles. The highest BCUT2D eigenvalue weighted by atomic mass is 16.4. The van der Waals surface area contributed by atoms with Crippen LogP contribution in [-0.4, -0.2) is 17.7 Å². The van der Waals surface area contributed by atoms with Gasteiger partial charge in [-0.3, -0.25) is 0 Å². The van der Waals surface area contributed by atoms with E-state index in [0.29, 0.717) is 6.54 Å².